The molecule has 1 fully saturated rings. The van der Waals surface area contributed by atoms with Gasteiger partial charge >= 0.3 is 12.1 Å². The molecule has 1 aliphatic carbocycles. The summed E-state index contributed by atoms with van der Waals surface area (Å²) in [6.45, 7) is -0.654. The SMILES string of the molecule is O=C(COC(=O)c1ccc(C(F)(F)F)cc1)Nc1ccccc1C(=O)NC1CC1. The van der Waals surface area contributed by atoms with E-state index in [1.165, 1.54) is 6.07 Å². The fraction of sp³-hybridized carbons (Fsp3) is 0.250. The van der Waals surface area contributed by atoms with Crippen molar-refractivity contribution >= 4 is 23.5 Å². The number of carbonyl (C=O) groups excluding carboxylic acids is 3. The maximum Gasteiger partial charge on any atom is 0.416 e. The number of nitrogens with one attached hydrogen (secondary N) is 2. The van der Waals surface area contributed by atoms with Crippen molar-refractivity contribution in [2.45, 2.75) is 25.1 Å². The largest absolute Gasteiger partial charge is 0.452 e. The first kappa shape index (κ1) is 20.4. The lowest BCUT2D eigenvalue weighted by atomic mass is 10.1. The highest BCUT2D eigenvalue weighted by Crippen LogP contribution is 2.29. The van der Waals surface area contributed by atoms with Crippen LogP contribution in [0.25, 0.3) is 0 Å². The minimum Gasteiger partial charge on any atom is -0.452 e. The second-order valence-electron chi connectivity index (χ2n) is 6.49. The van der Waals surface area contributed by atoms with Crippen molar-refractivity contribution in [3.05, 3.63) is 65.2 Å². The third-order valence-corrected chi connectivity index (χ3v) is 4.14. The molecule has 1 aliphatic rings. The third-order valence-electron chi connectivity index (χ3n) is 4.14. The van der Waals surface area contributed by atoms with Gasteiger partial charge in [-0.2, -0.15) is 13.2 Å². The standard InChI is InChI=1S/C20H17F3N2O4/c21-20(22,23)13-7-5-12(6-8-13)19(28)29-11-17(26)25-16-4-2-1-3-15(16)18(27)24-14-9-10-14/h1-8,14H,9-11H2,(H,24,27)(H,25,26). The van der Waals surface area contributed by atoms with Gasteiger partial charge in [0.25, 0.3) is 11.8 Å². The average Bonchev–Trinajstić information content (AvgIpc) is 3.50. The molecule has 6 nitrogen and oxygen atoms in total. The first-order valence-electron chi connectivity index (χ1n) is 8.78. The molecular formula is C20H17F3N2O4. The van der Waals surface area contributed by atoms with Crippen LogP contribution in [-0.2, 0) is 15.7 Å². The number of ether oxygens (including phenoxy) is 1. The van der Waals surface area contributed by atoms with Crippen molar-refractivity contribution in [1.82, 2.24) is 5.32 Å². The molecule has 3 rings (SSSR count). The molecule has 2 aromatic rings. The number of hydrogen-bond acceptors (Lipinski definition) is 4. The van der Waals surface area contributed by atoms with Crippen LogP contribution in [0.3, 0.4) is 0 Å². The van der Waals surface area contributed by atoms with E-state index in [2.05, 4.69) is 10.6 Å². The van der Waals surface area contributed by atoms with E-state index >= 15 is 0 Å². The van der Waals surface area contributed by atoms with Crippen molar-refractivity contribution < 1.29 is 32.3 Å². The van der Waals surface area contributed by atoms with Crippen LogP contribution in [0.5, 0.6) is 0 Å². The molecule has 2 N–H and O–H groups in total. The molecule has 0 atom stereocenters. The van der Waals surface area contributed by atoms with Crippen molar-refractivity contribution in [3.63, 3.8) is 0 Å². The minimum atomic E-state index is -4.51. The van der Waals surface area contributed by atoms with Crippen LogP contribution in [0.2, 0.25) is 0 Å². The van der Waals surface area contributed by atoms with Gasteiger partial charge in [0.1, 0.15) is 0 Å². The highest BCUT2D eigenvalue weighted by molar-refractivity contribution is 6.04. The van der Waals surface area contributed by atoms with Gasteiger partial charge in [0, 0.05) is 6.04 Å². The maximum atomic E-state index is 12.5. The van der Waals surface area contributed by atoms with Crippen LogP contribution in [-0.4, -0.2) is 30.4 Å². The van der Waals surface area contributed by atoms with Gasteiger partial charge < -0.3 is 15.4 Å². The lowest BCUT2D eigenvalue weighted by molar-refractivity contribution is -0.137. The number of esters is 1. The summed E-state index contributed by atoms with van der Waals surface area (Å²) in [4.78, 5) is 36.2. The Bertz CT molecular complexity index is 922. The normalized spacial score (nSPS) is 13.5. The van der Waals surface area contributed by atoms with Gasteiger partial charge in [-0.3, -0.25) is 9.59 Å². The lowest BCUT2D eigenvalue weighted by Gasteiger charge is -2.11. The fourth-order valence-corrected chi connectivity index (χ4v) is 2.48. The third kappa shape index (κ3) is 5.56. The molecule has 0 radical (unpaired) electrons. The molecule has 0 spiro atoms. The van der Waals surface area contributed by atoms with E-state index in [4.69, 9.17) is 4.74 Å². The average molecular weight is 406 g/mol. The summed E-state index contributed by atoms with van der Waals surface area (Å²) in [6, 6.07) is 9.99. The molecule has 0 heterocycles. The zero-order valence-corrected chi connectivity index (χ0v) is 15.1. The summed E-state index contributed by atoms with van der Waals surface area (Å²) in [5, 5.41) is 5.31. The Hall–Kier alpha value is -3.36. The number of anilines is 1. The van der Waals surface area contributed by atoms with E-state index in [0.29, 0.717) is 0 Å². The molecule has 2 aromatic carbocycles. The first-order chi connectivity index (χ1) is 13.7. The molecule has 0 saturated heterocycles. The number of carbonyl (C=O) groups is 3. The number of hydrogen-bond donors (Lipinski definition) is 2. The Kier molecular flexibility index (Phi) is 5.86. The van der Waals surface area contributed by atoms with E-state index in [1.54, 1.807) is 18.2 Å². The van der Waals surface area contributed by atoms with E-state index in [1.807, 2.05) is 0 Å². The van der Waals surface area contributed by atoms with Gasteiger partial charge in [0.15, 0.2) is 6.61 Å². The van der Waals surface area contributed by atoms with E-state index in [-0.39, 0.29) is 28.8 Å². The predicted octanol–water partition coefficient (Wildman–Crippen LogP) is 3.39. The molecule has 1 saturated carbocycles. The highest BCUT2D eigenvalue weighted by atomic mass is 19.4. The molecule has 0 unspecified atom stereocenters. The second-order valence-corrected chi connectivity index (χ2v) is 6.49. The molecule has 0 bridgehead atoms. The van der Waals surface area contributed by atoms with E-state index in [9.17, 15) is 27.6 Å². The molecule has 152 valence electrons. The van der Waals surface area contributed by atoms with Crippen LogP contribution in [0.4, 0.5) is 18.9 Å². The molecule has 0 aliphatic heterocycles. The number of amides is 2. The van der Waals surface area contributed by atoms with Gasteiger partial charge in [-0.25, -0.2) is 4.79 Å². The summed E-state index contributed by atoms with van der Waals surface area (Å²) in [5.41, 5.74) is -0.467. The summed E-state index contributed by atoms with van der Waals surface area (Å²) in [7, 11) is 0. The van der Waals surface area contributed by atoms with Gasteiger partial charge in [0.05, 0.1) is 22.4 Å². The molecule has 9 heteroatoms. The second kappa shape index (κ2) is 8.34. The maximum absolute atomic E-state index is 12.5. The number of alkyl halides is 3. The Morgan fingerprint density at radius 2 is 1.66 bits per heavy atom. The first-order valence-corrected chi connectivity index (χ1v) is 8.78. The molecule has 0 aromatic heterocycles. The zero-order chi connectivity index (χ0) is 21.0. The van der Waals surface area contributed by atoms with Gasteiger partial charge in [-0.1, -0.05) is 12.1 Å². The Balaban J connectivity index is 1.56. The molecular weight excluding hydrogens is 389 g/mol. The molecule has 29 heavy (non-hydrogen) atoms. The number of benzene rings is 2. The van der Waals surface area contributed by atoms with Crippen LogP contribution < -0.4 is 10.6 Å². The van der Waals surface area contributed by atoms with Crippen molar-refractivity contribution in [2.24, 2.45) is 0 Å². The predicted molar refractivity (Wildman–Crippen MR) is 97.3 cm³/mol. The topological polar surface area (TPSA) is 84.5 Å². The lowest BCUT2D eigenvalue weighted by Crippen LogP contribution is -2.28. The Morgan fingerprint density at radius 3 is 2.28 bits per heavy atom. The minimum absolute atomic E-state index is 0.116. The van der Waals surface area contributed by atoms with Crippen molar-refractivity contribution in [1.29, 1.82) is 0 Å². The van der Waals surface area contributed by atoms with Crippen LogP contribution in [0.1, 0.15) is 39.1 Å². The van der Waals surface area contributed by atoms with Crippen LogP contribution >= 0.6 is 0 Å². The van der Waals surface area contributed by atoms with Gasteiger partial charge in [0.2, 0.25) is 0 Å². The van der Waals surface area contributed by atoms with E-state index in [0.717, 1.165) is 37.1 Å². The summed E-state index contributed by atoms with van der Waals surface area (Å²) in [6.07, 6.45) is -2.68. The highest BCUT2D eigenvalue weighted by Gasteiger charge is 2.30. The van der Waals surface area contributed by atoms with Gasteiger partial charge in [-0.05, 0) is 49.2 Å². The van der Waals surface area contributed by atoms with Crippen LogP contribution in [0, 0.1) is 0 Å². The number of halogens is 3. The molecule has 2 amide bonds. The number of rotatable bonds is 6. The Morgan fingerprint density at radius 1 is 1.00 bits per heavy atom. The van der Waals surface area contributed by atoms with Crippen molar-refractivity contribution in [3.8, 4) is 0 Å². The smallest absolute Gasteiger partial charge is 0.416 e. The summed E-state index contributed by atoms with van der Waals surface area (Å²) >= 11 is 0. The quantitative estimate of drug-likeness (QED) is 0.721. The Labute approximate surface area is 164 Å². The fourth-order valence-electron chi connectivity index (χ4n) is 2.48. The zero-order valence-electron chi connectivity index (χ0n) is 15.1. The number of para-hydroxylation sites is 1. The summed E-state index contributed by atoms with van der Waals surface area (Å²) in [5.74, 6) is -1.93. The summed E-state index contributed by atoms with van der Waals surface area (Å²) < 4.78 is 42.5. The van der Waals surface area contributed by atoms with E-state index < -0.39 is 30.2 Å². The van der Waals surface area contributed by atoms with Gasteiger partial charge in [-0.15, -0.1) is 0 Å². The monoisotopic (exact) mass is 406 g/mol. The van der Waals surface area contributed by atoms with Crippen LogP contribution in [0.15, 0.2) is 48.5 Å². The van der Waals surface area contributed by atoms with Crippen molar-refractivity contribution in [2.75, 3.05) is 11.9 Å².